The molecule has 0 amide bonds. The van der Waals surface area contributed by atoms with E-state index in [0.29, 0.717) is 17.6 Å². The van der Waals surface area contributed by atoms with Gasteiger partial charge in [-0.1, -0.05) is 64.7 Å². The fourth-order valence-corrected chi connectivity index (χ4v) is 7.40. The summed E-state index contributed by atoms with van der Waals surface area (Å²) in [7, 11) is 1.50. The Morgan fingerprint density at radius 2 is 1.74 bits per heavy atom. The van der Waals surface area contributed by atoms with E-state index in [1.165, 1.54) is 96.3 Å². The summed E-state index contributed by atoms with van der Waals surface area (Å²) in [6.45, 7) is 2.29. The Labute approximate surface area is 206 Å². The second kappa shape index (κ2) is 12.4. The molecule has 3 saturated carbocycles. The molecule has 0 aromatic heterocycles. The van der Waals surface area contributed by atoms with Gasteiger partial charge in [0.25, 0.3) is 0 Å². The topological polar surface area (TPSA) is 35.5 Å². The highest BCUT2D eigenvalue weighted by Crippen LogP contribution is 2.50. The standard InChI is InChI=1S/C30H45FO3/c1-3-4-5-6-8-21-11-13-22(14-12-21)23-15-17-26-24(19-23)9-7-10-27(26)30(32)34-29-18-16-25(33-2)20-28(29)31/h16,18,20-24,26-27H,3-15,17,19H2,1-2H3. The van der Waals surface area contributed by atoms with E-state index in [2.05, 4.69) is 6.92 Å². The number of methoxy groups -OCH3 is 1. The van der Waals surface area contributed by atoms with E-state index >= 15 is 0 Å². The molecule has 0 bridgehead atoms. The smallest absolute Gasteiger partial charge is 0.314 e. The average Bonchev–Trinajstić information content (AvgIpc) is 2.87. The highest BCUT2D eigenvalue weighted by Gasteiger charge is 2.43. The molecule has 34 heavy (non-hydrogen) atoms. The lowest BCUT2D eigenvalue weighted by Crippen LogP contribution is -2.40. The molecule has 4 unspecified atom stereocenters. The first kappa shape index (κ1) is 25.5. The Morgan fingerprint density at radius 1 is 0.941 bits per heavy atom. The normalized spacial score (nSPS) is 31.5. The van der Waals surface area contributed by atoms with Crippen molar-refractivity contribution in [2.45, 2.75) is 103 Å². The second-order valence-corrected chi connectivity index (χ2v) is 11.4. The highest BCUT2D eigenvalue weighted by atomic mass is 19.1. The molecule has 0 heterocycles. The lowest BCUT2D eigenvalue weighted by atomic mass is 9.59. The van der Waals surface area contributed by atoms with Crippen LogP contribution < -0.4 is 9.47 Å². The Morgan fingerprint density at radius 3 is 2.47 bits per heavy atom. The fourth-order valence-electron chi connectivity index (χ4n) is 7.40. The van der Waals surface area contributed by atoms with Crippen molar-refractivity contribution in [3.63, 3.8) is 0 Å². The van der Waals surface area contributed by atoms with Crippen LogP contribution in [0.2, 0.25) is 0 Å². The van der Waals surface area contributed by atoms with Crippen LogP contribution in [0.4, 0.5) is 4.39 Å². The molecule has 0 radical (unpaired) electrons. The van der Waals surface area contributed by atoms with Crippen LogP contribution >= 0.6 is 0 Å². The van der Waals surface area contributed by atoms with Crippen LogP contribution in [0, 0.1) is 41.3 Å². The van der Waals surface area contributed by atoms with Crippen molar-refractivity contribution < 1.29 is 18.7 Å². The zero-order valence-corrected chi connectivity index (χ0v) is 21.4. The molecule has 3 aliphatic carbocycles. The lowest BCUT2D eigenvalue weighted by Gasteiger charge is -2.46. The number of hydrogen-bond donors (Lipinski definition) is 0. The van der Waals surface area contributed by atoms with E-state index in [1.54, 1.807) is 6.07 Å². The van der Waals surface area contributed by atoms with Gasteiger partial charge in [-0.15, -0.1) is 0 Å². The summed E-state index contributed by atoms with van der Waals surface area (Å²) < 4.78 is 24.9. The van der Waals surface area contributed by atoms with Gasteiger partial charge in [-0.05, 0) is 80.2 Å². The van der Waals surface area contributed by atoms with Gasteiger partial charge >= 0.3 is 5.97 Å². The number of esters is 1. The Kier molecular flexibility index (Phi) is 9.31. The Hall–Kier alpha value is -1.58. The Bertz CT molecular complexity index is 785. The quantitative estimate of drug-likeness (QED) is 0.206. The molecular formula is C30H45FO3. The first-order chi connectivity index (χ1) is 16.6. The van der Waals surface area contributed by atoms with Gasteiger partial charge in [0.05, 0.1) is 13.0 Å². The number of unbranched alkanes of at least 4 members (excludes halogenated alkanes) is 3. The zero-order chi connectivity index (χ0) is 23.9. The third-order valence-corrected chi connectivity index (χ3v) is 9.37. The lowest BCUT2D eigenvalue weighted by molar-refractivity contribution is -0.144. The summed E-state index contributed by atoms with van der Waals surface area (Å²) in [5.41, 5.74) is 0. The molecule has 4 heteroatoms. The van der Waals surface area contributed by atoms with Gasteiger partial charge in [0.1, 0.15) is 5.75 Å². The van der Waals surface area contributed by atoms with E-state index < -0.39 is 5.82 Å². The maximum Gasteiger partial charge on any atom is 0.314 e. The van der Waals surface area contributed by atoms with E-state index in [-0.39, 0.29) is 17.6 Å². The first-order valence-electron chi connectivity index (χ1n) is 14.1. The number of benzene rings is 1. The minimum atomic E-state index is -0.537. The van der Waals surface area contributed by atoms with E-state index in [4.69, 9.17) is 9.47 Å². The zero-order valence-electron chi connectivity index (χ0n) is 21.4. The monoisotopic (exact) mass is 472 g/mol. The average molecular weight is 473 g/mol. The van der Waals surface area contributed by atoms with E-state index in [0.717, 1.165) is 37.0 Å². The molecule has 3 nitrogen and oxygen atoms in total. The van der Waals surface area contributed by atoms with Crippen molar-refractivity contribution in [3.8, 4) is 11.5 Å². The summed E-state index contributed by atoms with van der Waals surface area (Å²) in [6, 6.07) is 4.42. The Balaban J connectivity index is 1.27. The molecule has 0 aliphatic heterocycles. The molecule has 1 aromatic rings. The number of fused-ring (bicyclic) bond motifs is 1. The predicted molar refractivity (Wildman–Crippen MR) is 134 cm³/mol. The summed E-state index contributed by atoms with van der Waals surface area (Å²) >= 11 is 0. The number of rotatable bonds is 9. The largest absolute Gasteiger partial charge is 0.497 e. The van der Waals surface area contributed by atoms with Gasteiger partial charge in [-0.2, -0.15) is 0 Å². The number of carbonyl (C=O) groups is 1. The van der Waals surface area contributed by atoms with Gasteiger partial charge < -0.3 is 9.47 Å². The number of hydrogen-bond acceptors (Lipinski definition) is 3. The molecule has 0 N–H and O–H groups in total. The molecule has 190 valence electrons. The van der Waals surface area contributed by atoms with E-state index in [1.807, 2.05) is 0 Å². The van der Waals surface area contributed by atoms with Crippen molar-refractivity contribution in [2.75, 3.05) is 7.11 Å². The van der Waals surface area contributed by atoms with Crippen molar-refractivity contribution in [3.05, 3.63) is 24.0 Å². The van der Waals surface area contributed by atoms with Crippen molar-refractivity contribution in [1.29, 1.82) is 0 Å². The third kappa shape index (κ3) is 6.34. The van der Waals surface area contributed by atoms with Crippen LogP contribution in [0.25, 0.3) is 0 Å². The van der Waals surface area contributed by atoms with Crippen LogP contribution in [0.3, 0.4) is 0 Å². The predicted octanol–water partition coefficient (Wildman–Crippen LogP) is 8.35. The molecular weight excluding hydrogens is 427 g/mol. The molecule has 4 rings (SSSR count). The minimum Gasteiger partial charge on any atom is -0.497 e. The second-order valence-electron chi connectivity index (χ2n) is 11.4. The highest BCUT2D eigenvalue weighted by molar-refractivity contribution is 5.75. The van der Waals surface area contributed by atoms with Crippen molar-refractivity contribution in [1.82, 2.24) is 0 Å². The molecule has 4 atom stereocenters. The number of halogens is 1. The maximum atomic E-state index is 14.3. The van der Waals surface area contributed by atoms with Gasteiger partial charge in [0.15, 0.2) is 11.6 Å². The molecule has 3 fully saturated rings. The van der Waals surface area contributed by atoms with E-state index in [9.17, 15) is 9.18 Å². The van der Waals surface area contributed by atoms with Gasteiger partial charge in [-0.3, -0.25) is 4.79 Å². The van der Waals surface area contributed by atoms with Crippen molar-refractivity contribution >= 4 is 5.97 Å². The number of ether oxygens (including phenoxy) is 2. The van der Waals surface area contributed by atoms with Crippen molar-refractivity contribution in [2.24, 2.45) is 35.5 Å². The summed E-state index contributed by atoms with van der Waals surface area (Å²) in [5.74, 6) is 3.35. The first-order valence-corrected chi connectivity index (χ1v) is 14.1. The molecule has 0 spiro atoms. The van der Waals surface area contributed by atoms with Crippen LogP contribution in [0.5, 0.6) is 11.5 Å². The maximum absolute atomic E-state index is 14.3. The van der Waals surface area contributed by atoms with Gasteiger partial charge in [0.2, 0.25) is 0 Å². The molecule has 1 aromatic carbocycles. The van der Waals surface area contributed by atoms with Crippen LogP contribution in [0.15, 0.2) is 18.2 Å². The third-order valence-electron chi connectivity index (χ3n) is 9.37. The summed E-state index contributed by atoms with van der Waals surface area (Å²) in [4.78, 5) is 13.1. The number of carbonyl (C=O) groups excluding carboxylic acids is 1. The van der Waals surface area contributed by atoms with Gasteiger partial charge in [-0.25, -0.2) is 4.39 Å². The van der Waals surface area contributed by atoms with Gasteiger partial charge in [0, 0.05) is 6.07 Å². The molecule has 3 aliphatic rings. The summed E-state index contributed by atoms with van der Waals surface area (Å²) in [5, 5.41) is 0. The fraction of sp³-hybridized carbons (Fsp3) is 0.767. The molecule has 0 saturated heterocycles. The summed E-state index contributed by atoms with van der Waals surface area (Å²) in [6.07, 6.45) is 19.6. The van der Waals surface area contributed by atoms with Crippen LogP contribution in [-0.2, 0) is 4.79 Å². The SMILES string of the molecule is CCCCCCC1CCC(C2CCC3C(CCCC3C(=O)Oc3ccc(OC)cc3F)C2)CC1. The minimum absolute atomic E-state index is 0.0214. The van der Waals surface area contributed by atoms with Crippen LogP contribution in [0.1, 0.15) is 103 Å². The van der Waals surface area contributed by atoms with Crippen LogP contribution in [-0.4, -0.2) is 13.1 Å².